The molecule has 5 rings (SSSR count). The SMILES string of the molecule is C=C(C)N(C1=C(C)CCN(C)C1C)c1ccc(N2CC(/C(C)=C/C)=C(c3ccccc3)N=C2c2ccccc2)cc1.C=CC.C=CC.CC. The van der Waals surface area contributed by atoms with Crippen LogP contribution in [0.25, 0.3) is 5.70 Å². The van der Waals surface area contributed by atoms with Crippen molar-refractivity contribution in [3.63, 3.8) is 0 Å². The standard InChI is InChI=1S/C37H42N4.2C3H6.C2H6/c1-8-27(4)34-25-40(37(31-17-13-10-14-18-31)38-35(34)30-15-11-9-12-16-30)32-19-21-33(22-20-32)41(26(2)3)36-28(5)23-24-39(7)29(36)6;2*1-3-2;1-2/h8-22,29H,2,23-25H2,1,3-7H3;2*3H,1H2,2H3;1-2H3/b27-8+;;;. The maximum atomic E-state index is 5.36. The van der Waals surface area contributed by atoms with Crippen LogP contribution in [0.1, 0.15) is 79.9 Å². The summed E-state index contributed by atoms with van der Waals surface area (Å²) in [4.78, 5) is 12.5. The van der Waals surface area contributed by atoms with Crippen molar-refractivity contribution in [3.05, 3.63) is 162 Å². The van der Waals surface area contributed by atoms with E-state index in [0.29, 0.717) is 6.04 Å². The Labute approximate surface area is 298 Å². The van der Waals surface area contributed by atoms with Gasteiger partial charge in [0.15, 0.2) is 0 Å². The summed E-state index contributed by atoms with van der Waals surface area (Å²) in [5, 5.41) is 0. The highest BCUT2D eigenvalue weighted by Crippen LogP contribution is 2.36. The van der Waals surface area contributed by atoms with Crippen LogP contribution in [0.15, 0.2) is 156 Å². The number of likely N-dealkylation sites (N-methyl/N-ethyl adjacent to an activating group) is 1. The largest absolute Gasteiger partial charge is 0.321 e. The van der Waals surface area contributed by atoms with Crippen LogP contribution in [0.5, 0.6) is 0 Å². The van der Waals surface area contributed by atoms with Gasteiger partial charge in [-0.25, -0.2) is 4.99 Å². The summed E-state index contributed by atoms with van der Waals surface area (Å²) in [7, 11) is 2.21. The zero-order chi connectivity index (χ0) is 36.5. The van der Waals surface area contributed by atoms with Crippen LogP contribution in [0.4, 0.5) is 11.4 Å². The van der Waals surface area contributed by atoms with Crippen molar-refractivity contribution in [1.29, 1.82) is 0 Å². The number of aliphatic imine (C=N–C) groups is 1. The topological polar surface area (TPSA) is 22.1 Å². The van der Waals surface area contributed by atoms with E-state index in [1.165, 1.54) is 22.4 Å². The highest BCUT2D eigenvalue weighted by molar-refractivity contribution is 6.14. The first kappa shape index (κ1) is 40.5. The molecule has 0 saturated heterocycles. The van der Waals surface area contributed by atoms with Crippen LogP contribution in [0, 0.1) is 0 Å². The number of hydrogen-bond donors (Lipinski definition) is 0. The number of benzene rings is 3. The lowest BCUT2D eigenvalue weighted by Crippen LogP contribution is -2.42. The molecule has 0 bridgehead atoms. The van der Waals surface area contributed by atoms with E-state index >= 15 is 0 Å². The van der Waals surface area contributed by atoms with Crippen molar-refractivity contribution in [1.82, 2.24) is 4.90 Å². The summed E-state index contributed by atoms with van der Waals surface area (Å²) in [6.45, 7) is 31.6. The minimum atomic E-state index is 0.326. The zero-order valence-corrected chi connectivity index (χ0v) is 31.9. The van der Waals surface area contributed by atoms with Gasteiger partial charge >= 0.3 is 0 Å². The van der Waals surface area contributed by atoms with Gasteiger partial charge in [0.25, 0.3) is 0 Å². The van der Waals surface area contributed by atoms with Crippen molar-refractivity contribution in [2.45, 2.75) is 74.8 Å². The maximum Gasteiger partial charge on any atom is 0.141 e. The maximum absolute atomic E-state index is 5.36. The van der Waals surface area contributed by atoms with Gasteiger partial charge < -0.3 is 9.80 Å². The molecule has 4 heteroatoms. The predicted octanol–water partition coefficient (Wildman–Crippen LogP) is 12.1. The van der Waals surface area contributed by atoms with Gasteiger partial charge in [0.1, 0.15) is 5.84 Å². The molecule has 49 heavy (non-hydrogen) atoms. The first-order valence-corrected chi connectivity index (χ1v) is 17.6. The third-order valence-electron chi connectivity index (χ3n) is 8.44. The fraction of sp³-hybridized carbons (Fsp3) is 0.311. The highest BCUT2D eigenvalue weighted by atomic mass is 15.2. The summed E-state index contributed by atoms with van der Waals surface area (Å²) < 4.78 is 0. The summed E-state index contributed by atoms with van der Waals surface area (Å²) in [6, 6.07) is 30.3. The molecule has 0 radical (unpaired) electrons. The van der Waals surface area contributed by atoms with E-state index in [1.54, 1.807) is 12.2 Å². The molecule has 0 spiro atoms. The van der Waals surface area contributed by atoms with Crippen LogP contribution in [-0.4, -0.2) is 36.9 Å². The molecule has 3 aromatic rings. The van der Waals surface area contributed by atoms with E-state index in [0.717, 1.165) is 59.2 Å². The molecule has 3 aromatic carbocycles. The molecule has 4 nitrogen and oxygen atoms in total. The van der Waals surface area contributed by atoms with E-state index in [4.69, 9.17) is 4.99 Å². The third kappa shape index (κ3) is 10.4. The number of rotatable bonds is 7. The highest BCUT2D eigenvalue weighted by Gasteiger charge is 2.29. The summed E-state index contributed by atoms with van der Waals surface area (Å²) >= 11 is 0. The molecule has 0 N–H and O–H groups in total. The first-order valence-electron chi connectivity index (χ1n) is 17.6. The predicted molar refractivity (Wildman–Crippen MR) is 219 cm³/mol. The second-order valence-electron chi connectivity index (χ2n) is 12.0. The van der Waals surface area contributed by atoms with Crippen molar-refractivity contribution in [2.24, 2.45) is 4.99 Å². The zero-order valence-electron chi connectivity index (χ0n) is 31.9. The van der Waals surface area contributed by atoms with Crippen molar-refractivity contribution < 1.29 is 0 Å². The fourth-order valence-corrected chi connectivity index (χ4v) is 5.84. The molecule has 260 valence electrons. The molecule has 2 aliphatic heterocycles. The minimum absolute atomic E-state index is 0.326. The van der Waals surface area contributed by atoms with Crippen molar-refractivity contribution in [3.8, 4) is 0 Å². The van der Waals surface area contributed by atoms with Gasteiger partial charge in [-0.1, -0.05) is 105 Å². The summed E-state index contributed by atoms with van der Waals surface area (Å²) in [5.74, 6) is 0.961. The molecule has 2 aliphatic rings. The van der Waals surface area contributed by atoms with E-state index in [9.17, 15) is 0 Å². The molecule has 1 unspecified atom stereocenters. The van der Waals surface area contributed by atoms with Crippen LogP contribution in [0.3, 0.4) is 0 Å². The molecule has 0 aliphatic carbocycles. The number of anilines is 2. The molecule has 2 heterocycles. The van der Waals surface area contributed by atoms with E-state index < -0.39 is 0 Å². The van der Waals surface area contributed by atoms with E-state index in [1.807, 2.05) is 27.7 Å². The van der Waals surface area contributed by atoms with Gasteiger partial charge in [-0.3, -0.25) is 4.90 Å². The van der Waals surface area contributed by atoms with Gasteiger partial charge in [0.05, 0.1) is 12.2 Å². The first-order chi connectivity index (χ1) is 23.6. The molecule has 1 atom stereocenters. The number of amidine groups is 1. The Kier molecular flexibility index (Phi) is 17.1. The Morgan fingerprint density at radius 3 is 1.84 bits per heavy atom. The quantitative estimate of drug-likeness (QED) is 0.236. The van der Waals surface area contributed by atoms with Gasteiger partial charge in [0, 0.05) is 52.1 Å². The lowest BCUT2D eigenvalue weighted by molar-refractivity contribution is 0.269. The molecule has 0 aromatic heterocycles. The smallest absolute Gasteiger partial charge is 0.141 e. The molecule has 0 saturated carbocycles. The van der Waals surface area contributed by atoms with E-state index in [-0.39, 0.29) is 0 Å². The monoisotopic (exact) mass is 656 g/mol. The second kappa shape index (κ2) is 20.6. The van der Waals surface area contributed by atoms with Crippen LogP contribution in [0.2, 0.25) is 0 Å². The lowest BCUT2D eigenvalue weighted by Gasteiger charge is -2.40. The minimum Gasteiger partial charge on any atom is -0.321 e. The Bertz CT molecular complexity index is 1620. The summed E-state index contributed by atoms with van der Waals surface area (Å²) in [5.41, 5.74) is 11.8. The number of hydrogen-bond acceptors (Lipinski definition) is 4. The Morgan fingerprint density at radius 2 is 1.35 bits per heavy atom. The lowest BCUT2D eigenvalue weighted by atomic mass is 9.96. The molecule has 0 amide bonds. The van der Waals surface area contributed by atoms with Crippen LogP contribution < -0.4 is 9.80 Å². The van der Waals surface area contributed by atoms with Crippen molar-refractivity contribution in [2.75, 3.05) is 29.9 Å². The van der Waals surface area contributed by atoms with Gasteiger partial charge in [0.2, 0.25) is 0 Å². The second-order valence-corrected chi connectivity index (χ2v) is 12.0. The summed E-state index contributed by atoms with van der Waals surface area (Å²) in [6.07, 6.45) is 6.76. The third-order valence-corrected chi connectivity index (χ3v) is 8.44. The normalized spacial score (nSPS) is 16.1. The van der Waals surface area contributed by atoms with E-state index in [2.05, 4.69) is 167 Å². The average molecular weight is 657 g/mol. The average Bonchev–Trinajstić information content (AvgIpc) is 3.13. The Hall–Kier alpha value is -4.67. The van der Waals surface area contributed by atoms with Crippen LogP contribution >= 0.6 is 0 Å². The van der Waals surface area contributed by atoms with Gasteiger partial charge in [-0.2, -0.15) is 0 Å². The van der Waals surface area contributed by atoms with Gasteiger partial charge in [-0.05, 0) is 91.8 Å². The number of nitrogens with zero attached hydrogens (tertiary/aromatic N) is 4. The Morgan fingerprint density at radius 1 is 0.837 bits per heavy atom. The van der Waals surface area contributed by atoms with Crippen molar-refractivity contribution >= 4 is 22.9 Å². The van der Waals surface area contributed by atoms with Crippen LogP contribution in [-0.2, 0) is 0 Å². The number of allylic oxidation sites excluding steroid dienone is 4. The van der Waals surface area contributed by atoms with Gasteiger partial charge in [-0.15, -0.1) is 13.2 Å². The Balaban J connectivity index is 0.000000956. The fourth-order valence-electron chi connectivity index (χ4n) is 5.84. The molecule has 0 fully saturated rings. The molecular formula is C45H60N4. The molecular weight excluding hydrogens is 597 g/mol.